The number of esters is 3. The zero-order valence-electron chi connectivity index (χ0n) is 51.0. The maximum Gasteiger partial charge on any atom is 0.306 e. The van der Waals surface area contributed by atoms with Gasteiger partial charge < -0.3 is 14.2 Å². The summed E-state index contributed by atoms with van der Waals surface area (Å²) in [5.41, 5.74) is 0. The maximum atomic E-state index is 12.9. The molecule has 0 radical (unpaired) electrons. The molecule has 0 aromatic heterocycles. The van der Waals surface area contributed by atoms with Crippen LogP contribution in [0.4, 0.5) is 0 Å². The molecule has 0 saturated heterocycles. The molecule has 0 amide bonds. The molecule has 0 bridgehead atoms. The predicted octanol–water partition coefficient (Wildman–Crippen LogP) is 22.7. The number of unbranched alkanes of at least 4 members (excludes halogenated alkanes) is 35. The Labute approximate surface area is 477 Å². The Balaban J connectivity index is 4.31. The highest BCUT2D eigenvalue weighted by Gasteiger charge is 2.19. The molecule has 77 heavy (non-hydrogen) atoms. The van der Waals surface area contributed by atoms with Crippen LogP contribution in [0.15, 0.2) is 85.1 Å². The smallest absolute Gasteiger partial charge is 0.306 e. The monoisotopic (exact) mass is 1070 g/mol. The number of rotatable bonds is 60. The van der Waals surface area contributed by atoms with E-state index in [1.807, 2.05) is 0 Å². The van der Waals surface area contributed by atoms with Crippen LogP contribution >= 0.6 is 0 Å². The second-order valence-corrected chi connectivity index (χ2v) is 22.0. The van der Waals surface area contributed by atoms with Gasteiger partial charge in [0.2, 0.25) is 0 Å². The Bertz CT molecular complexity index is 1470. The van der Waals surface area contributed by atoms with E-state index in [1.165, 1.54) is 199 Å². The number of carbonyl (C=O) groups excluding carboxylic acids is 3. The summed E-state index contributed by atoms with van der Waals surface area (Å²) in [5, 5.41) is 0. The van der Waals surface area contributed by atoms with Crippen molar-refractivity contribution in [2.75, 3.05) is 13.2 Å². The van der Waals surface area contributed by atoms with Crippen LogP contribution in [0.3, 0.4) is 0 Å². The van der Waals surface area contributed by atoms with Crippen molar-refractivity contribution in [2.45, 2.75) is 335 Å². The largest absolute Gasteiger partial charge is 0.462 e. The van der Waals surface area contributed by atoms with Gasteiger partial charge in [-0.2, -0.15) is 0 Å². The molecule has 0 aromatic rings. The lowest BCUT2D eigenvalue weighted by Crippen LogP contribution is -2.30. The average Bonchev–Trinajstić information content (AvgIpc) is 3.43. The van der Waals surface area contributed by atoms with Gasteiger partial charge in [0.05, 0.1) is 0 Å². The Morgan fingerprint density at radius 1 is 0.273 bits per heavy atom. The number of hydrogen-bond acceptors (Lipinski definition) is 6. The molecule has 0 rings (SSSR count). The molecular formula is C71H124O6. The first-order chi connectivity index (χ1) is 38.0. The molecule has 444 valence electrons. The molecule has 0 aliphatic heterocycles. The minimum atomic E-state index is -0.797. The first kappa shape index (κ1) is 73.6. The van der Waals surface area contributed by atoms with Gasteiger partial charge in [-0.05, 0) is 116 Å². The lowest BCUT2D eigenvalue weighted by molar-refractivity contribution is -0.167. The average molecular weight is 1070 g/mol. The van der Waals surface area contributed by atoms with Crippen LogP contribution in [-0.4, -0.2) is 37.2 Å². The fourth-order valence-electron chi connectivity index (χ4n) is 9.40. The van der Waals surface area contributed by atoms with Crippen molar-refractivity contribution in [3.8, 4) is 0 Å². The van der Waals surface area contributed by atoms with Crippen molar-refractivity contribution in [1.29, 1.82) is 0 Å². The van der Waals surface area contributed by atoms with E-state index in [2.05, 4.69) is 106 Å². The summed E-state index contributed by atoms with van der Waals surface area (Å²) in [6, 6.07) is 0. The van der Waals surface area contributed by atoms with E-state index in [0.717, 1.165) is 89.9 Å². The van der Waals surface area contributed by atoms with Crippen LogP contribution in [0, 0.1) is 0 Å². The predicted molar refractivity (Wildman–Crippen MR) is 334 cm³/mol. The molecule has 0 aliphatic rings. The molecule has 1 unspecified atom stereocenters. The summed E-state index contributed by atoms with van der Waals surface area (Å²) >= 11 is 0. The summed E-state index contributed by atoms with van der Waals surface area (Å²) < 4.78 is 16.9. The summed E-state index contributed by atoms with van der Waals surface area (Å²) in [6.45, 7) is 6.51. The fourth-order valence-corrected chi connectivity index (χ4v) is 9.40. The van der Waals surface area contributed by atoms with Crippen LogP contribution in [0.5, 0.6) is 0 Å². The van der Waals surface area contributed by atoms with Gasteiger partial charge in [-0.1, -0.05) is 279 Å². The van der Waals surface area contributed by atoms with E-state index in [0.29, 0.717) is 19.3 Å². The molecule has 6 nitrogen and oxygen atoms in total. The van der Waals surface area contributed by atoms with Gasteiger partial charge in [0.1, 0.15) is 13.2 Å². The molecule has 0 aromatic carbocycles. The molecule has 1 atom stereocenters. The van der Waals surface area contributed by atoms with Gasteiger partial charge in [0.25, 0.3) is 0 Å². The minimum Gasteiger partial charge on any atom is -0.462 e. The SMILES string of the molecule is CC/C=C\C/C=C\C/C=C\C/C=C\CCCCC(=O)OCC(COC(=O)CCCCCCCCCCCCCCCCC/C=C\C/C=C\CCCCCCC)OC(=O)CCCCCCCCC/C=C\CCCCCCCC. The van der Waals surface area contributed by atoms with Crippen molar-refractivity contribution < 1.29 is 28.6 Å². The van der Waals surface area contributed by atoms with Crippen molar-refractivity contribution in [2.24, 2.45) is 0 Å². The first-order valence-electron chi connectivity index (χ1n) is 33.1. The third kappa shape index (κ3) is 63.3. The van der Waals surface area contributed by atoms with Gasteiger partial charge in [-0.15, -0.1) is 0 Å². The molecule has 6 heteroatoms. The van der Waals surface area contributed by atoms with Gasteiger partial charge >= 0.3 is 17.9 Å². The Morgan fingerprint density at radius 2 is 0.506 bits per heavy atom. The number of hydrogen-bond donors (Lipinski definition) is 0. The van der Waals surface area contributed by atoms with E-state index in [-0.39, 0.29) is 31.1 Å². The van der Waals surface area contributed by atoms with E-state index in [1.54, 1.807) is 0 Å². The van der Waals surface area contributed by atoms with E-state index < -0.39 is 6.10 Å². The molecular weight excluding hydrogens is 949 g/mol. The minimum absolute atomic E-state index is 0.0897. The van der Waals surface area contributed by atoms with Crippen LogP contribution in [0.25, 0.3) is 0 Å². The van der Waals surface area contributed by atoms with E-state index in [4.69, 9.17) is 14.2 Å². The maximum absolute atomic E-state index is 12.9. The van der Waals surface area contributed by atoms with Crippen LogP contribution in [0.1, 0.15) is 329 Å². The number of ether oxygens (including phenoxy) is 3. The van der Waals surface area contributed by atoms with Crippen LogP contribution in [-0.2, 0) is 28.6 Å². The van der Waals surface area contributed by atoms with Gasteiger partial charge in [-0.25, -0.2) is 0 Å². The van der Waals surface area contributed by atoms with Crippen molar-refractivity contribution in [3.05, 3.63) is 85.1 Å². The normalized spacial score (nSPS) is 12.6. The zero-order valence-corrected chi connectivity index (χ0v) is 51.0. The Hall–Kier alpha value is -3.41. The second-order valence-electron chi connectivity index (χ2n) is 22.0. The summed E-state index contributed by atoms with van der Waals surface area (Å²) in [5.74, 6) is -0.924. The first-order valence-corrected chi connectivity index (χ1v) is 33.1. The number of allylic oxidation sites excluding steroid dienone is 14. The third-order valence-electron chi connectivity index (χ3n) is 14.4. The molecule has 0 fully saturated rings. The van der Waals surface area contributed by atoms with Gasteiger partial charge in [0.15, 0.2) is 6.10 Å². The van der Waals surface area contributed by atoms with E-state index >= 15 is 0 Å². The highest BCUT2D eigenvalue weighted by Crippen LogP contribution is 2.17. The fraction of sp³-hybridized carbons (Fsp3) is 0.761. The van der Waals surface area contributed by atoms with Gasteiger partial charge in [0, 0.05) is 19.3 Å². The third-order valence-corrected chi connectivity index (χ3v) is 14.4. The van der Waals surface area contributed by atoms with Crippen LogP contribution in [0.2, 0.25) is 0 Å². The van der Waals surface area contributed by atoms with E-state index in [9.17, 15) is 14.4 Å². The highest BCUT2D eigenvalue weighted by molar-refractivity contribution is 5.71. The van der Waals surface area contributed by atoms with Crippen molar-refractivity contribution in [3.63, 3.8) is 0 Å². The van der Waals surface area contributed by atoms with Gasteiger partial charge in [-0.3, -0.25) is 14.4 Å². The molecule has 0 aliphatic carbocycles. The summed E-state index contributed by atoms with van der Waals surface area (Å²) in [6.07, 6.45) is 86.0. The highest BCUT2D eigenvalue weighted by atomic mass is 16.6. The van der Waals surface area contributed by atoms with Crippen LogP contribution < -0.4 is 0 Å². The molecule has 0 spiro atoms. The molecule has 0 N–H and O–H groups in total. The van der Waals surface area contributed by atoms with Crippen molar-refractivity contribution >= 4 is 17.9 Å². The lowest BCUT2D eigenvalue weighted by Gasteiger charge is -2.18. The van der Waals surface area contributed by atoms with Crippen molar-refractivity contribution in [1.82, 2.24) is 0 Å². The standard InChI is InChI=1S/C71H124O6/c1-4-7-10-13-16-19-22-25-28-30-31-32-33-34-35-36-37-38-39-41-43-46-49-52-55-58-61-64-70(73)76-67-68(66-75-69(72)63-60-57-54-51-48-45-42-27-24-21-18-15-12-9-6-3)77-71(74)65-62-59-56-53-50-47-44-40-29-26-23-20-17-14-11-8-5-2/h9,12,18,21-22,25-27,29-31,42,48,51,68H,4-8,10-11,13-17,19-20,23-24,28,32-41,43-47,49-50,52-67H2,1-3H3/b12-9-,21-18-,25-22-,29-26-,31-30-,42-27-,51-48-. The topological polar surface area (TPSA) is 78.9 Å². The quantitative estimate of drug-likeness (QED) is 0.0261. The lowest BCUT2D eigenvalue weighted by atomic mass is 10.0. The zero-order chi connectivity index (χ0) is 55.7. The summed E-state index contributed by atoms with van der Waals surface area (Å²) in [4.78, 5) is 38.3. The molecule has 0 saturated carbocycles. The second kappa shape index (κ2) is 65.1. The Kier molecular flexibility index (Phi) is 62.2. The number of carbonyl (C=O) groups is 3. The summed E-state index contributed by atoms with van der Waals surface area (Å²) in [7, 11) is 0. The Morgan fingerprint density at radius 3 is 0.831 bits per heavy atom. The molecule has 0 heterocycles.